The van der Waals surface area contributed by atoms with Crippen LogP contribution < -0.4 is 10.2 Å². The third-order valence-electron chi connectivity index (χ3n) is 3.77. The highest BCUT2D eigenvalue weighted by molar-refractivity contribution is 5.94. The molecule has 1 heterocycles. The number of carbonyl (C=O) groups excluding carboxylic acids is 1. The molecule has 1 aromatic rings. The molecule has 1 aliphatic heterocycles. The van der Waals surface area contributed by atoms with Gasteiger partial charge in [0.05, 0.1) is 16.9 Å². The van der Waals surface area contributed by atoms with Gasteiger partial charge in [-0.3, -0.25) is 4.79 Å². The molecule has 6 heteroatoms. The Kier molecular flexibility index (Phi) is 5.32. The fourth-order valence-corrected chi connectivity index (χ4v) is 2.66. The standard InChI is InChI=1S/C16H21F3N2O/c1-2-6-15(22)20-13-11-12(16(17,18)19)7-8-14(13)21-9-4-3-5-10-21/h7-8,11H,2-6,9-10H2,1H3,(H,20,22). The minimum Gasteiger partial charge on any atom is -0.370 e. The Hall–Kier alpha value is -1.72. The molecular weight excluding hydrogens is 293 g/mol. The third-order valence-corrected chi connectivity index (χ3v) is 3.77. The van der Waals surface area contributed by atoms with Crippen molar-refractivity contribution in [2.24, 2.45) is 0 Å². The van der Waals surface area contributed by atoms with Crippen LogP contribution in [0.25, 0.3) is 0 Å². The molecule has 1 aromatic carbocycles. The van der Waals surface area contributed by atoms with E-state index in [-0.39, 0.29) is 11.6 Å². The van der Waals surface area contributed by atoms with Gasteiger partial charge in [-0.1, -0.05) is 6.92 Å². The number of carbonyl (C=O) groups is 1. The second-order valence-electron chi connectivity index (χ2n) is 5.58. The quantitative estimate of drug-likeness (QED) is 0.891. The summed E-state index contributed by atoms with van der Waals surface area (Å²) < 4.78 is 38.7. The van der Waals surface area contributed by atoms with Gasteiger partial charge in [-0.15, -0.1) is 0 Å². The maximum atomic E-state index is 12.9. The molecule has 0 atom stereocenters. The lowest BCUT2D eigenvalue weighted by atomic mass is 10.1. The van der Waals surface area contributed by atoms with Crippen LogP contribution in [0.4, 0.5) is 24.5 Å². The van der Waals surface area contributed by atoms with Crippen molar-refractivity contribution in [2.75, 3.05) is 23.3 Å². The van der Waals surface area contributed by atoms with Gasteiger partial charge in [0.2, 0.25) is 5.91 Å². The molecule has 1 aliphatic rings. The molecule has 0 bridgehead atoms. The topological polar surface area (TPSA) is 32.3 Å². The number of nitrogens with zero attached hydrogens (tertiary/aromatic N) is 1. The van der Waals surface area contributed by atoms with Gasteiger partial charge in [0.1, 0.15) is 0 Å². The van der Waals surface area contributed by atoms with Gasteiger partial charge in [0.15, 0.2) is 0 Å². The Morgan fingerprint density at radius 1 is 1.23 bits per heavy atom. The molecular formula is C16H21F3N2O. The van der Waals surface area contributed by atoms with E-state index in [1.807, 2.05) is 11.8 Å². The van der Waals surface area contributed by atoms with Crippen LogP contribution in [0.2, 0.25) is 0 Å². The molecule has 0 aromatic heterocycles. The highest BCUT2D eigenvalue weighted by Crippen LogP contribution is 2.36. The van der Waals surface area contributed by atoms with Crippen LogP contribution >= 0.6 is 0 Å². The van der Waals surface area contributed by atoms with E-state index in [9.17, 15) is 18.0 Å². The Balaban J connectivity index is 2.32. The second-order valence-corrected chi connectivity index (χ2v) is 5.58. The van der Waals surface area contributed by atoms with Gasteiger partial charge in [-0.05, 0) is 43.9 Å². The molecule has 0 spiro atoms. The number of hydrogen-bond acceptors (Lipinski definition) is 2. The van der Waals surface area contributed by atoms with E-state index < -0.39 is 11.7 Å². The smallest absolute Gasteiger partial charge is 0.370 e. The average molecular weight is 314 g/mol. The van der Waals surface area contributed by atoms with Crippen LogP contribution in [-0.4, -0.2) is 19.0 Å². The van der Waals surface area contributed by atoms with Crippen LogP contribution in [0.15, 0.2) is 18.2 Å². The zero-order chi connectivity index (χ0) is 16.2. The normalized spacial score (nSPS) is 15.7. The SMILES string of the molecule is CCCC(=O)Nc1cc(C(F)(F)F)ccc1N1CCCCC1. The molecule has 0 radical (unpaired) electrons. The van der Waals surface area contributed by atoms with E-state index in [1.54, 1.807) is 0 Å². The maximum absolute atomic E-state index is 12.9. The number of amides is 1. The van der Waals surface area contributed by atoms with Crippen molar-refractivity contribution in [3.05, 3.63) is 23.8 Å². The largest absolute Gasteiger partial charge is 0.416 e. The molecule has 0 unspecified atom stereocenters. The molecule has 1 amide bonds. The summed E-state index contributed by atoms with van der Waals surface area (Å²) >= 11 is 0. The molecule has 1 saturated heterocycles. The van der Waals surface area contributed by atoms with Gasteiger partial charge < -0.3 is 10.2 Å². The van der Waals surface area contributed by atoms with Crippen molar-refractivity contribution >= 4 is 17.3 Å². The van der Waals surface area contributed by atoms with Crippen molar-refractivity contribution in [2.45, 2.75) is 45.2 Å². The highest BCUT2D eigenvalue weighted by Gasteiger charge is 2.31. The van der Waals surface area contributed by atoms with Crippen LogP contribution in [0, 0.1) is 0 Å². The fourth-order valence-electron chi connectivity index (χ4n) is 2.66. The first kappa shape index (κ1) is 16.6. The molecule has 0 aliphatic carbocycles. The molecule has 0 saturated carbocycles. The number of benzene rings is 1. The summed E-state index contributed by atoms with van der Waals surface area (Å²) in [5.41, 5.74) is 0.201. The number of piperidine rings is 1. The number of nitrogens with one attached hydrogen (secondary N) is 1. The fraction of sp³-hybridized carbons (Fsp3) is 0.562. The summed E-state index contributed by atoms with van der Waals surface area (Å²) in [7, 11) is 0. The number of rotatable bonds is 4. The first-order chi connectivity index (χ1) is 10.4. The van der Waals surface area contributed by atoms with Crippen molar-refractivity contribution in [1.29, 1.82) is 0 Å². The van der Waals surface area contributed by atoms with Crippen molar-refractivity contribution < 1.29 is 18.0 Å². The van der Waals surface area contributed by atoms with Crippen molar-refractivity contribution in [1.82, 2.24) is 0 Å². The third kappa shape index (κ3) is 4.15. The van der Waals surface area contributed by atoms with E-state index in [4.69, 9.17) is 0 Å². The van der Waals surface area contributed by atoms with Gasteiger partial charge in [-0.2, -0.15) is 13.2 Å². The Morgan fingerprint density at radius 3 is 2.50 bits per heavy atom. The van der Waals surface area contributed by atoms with E-state index in [0.29, 0.717) is 18.5 Å². The van der Waals surface area contributed by atoms with Crippen LogP contribution in [0.5, 0.6) is 0 Å². The van der Waals surface area contributed by atoms with E-state index in [1.165, 1.54) is 6.07 Å². The highest BCUT2D eigenvalue weighted by atomic mass is 19.4. The molecule has 122 valence electrons. The molecule has 1 fully saturated rings. The number of halogens is 3. The summed E-state index contributed by atoms with van der Waals surface area (Å²) in [5.74, 6) is -0.250. The maximum Gasteiger partial charge on any atom is 0.416 e. The number of anilines is 2. The monoisotopic (exact) mass is 314 g/mol. The summed E-state index contributed by atoms with van der Waals surface area (Å²) in [6, 6.07) is 3.59. The first-order valence-electron chi connectivity index (χ1n) is 7.68. The van der Waals surface area contributed by atoms with Crippen LogP contribution in [-0.2, 0) is 11.0 Å². The lowest BCUT2D eigenvalue weighted by Gasteiger charge is -2.31. The average Bonchev–Trinajstić information content (AvgIpc) is 2.47. The summed E-state index contributed by atoms with van der Waals surface area (Å²) in [5, 5.41) is 2.64. The zero-order valence-corrected chi connectivity index (χ0v) is 12.7. The summed E-state index contributed by atoms with van der Waals surface area (Å²) in [4.78, 5) is 13.8. The predicted octanol–water partition coefficient (Wildman–Crippen LogP) is 4.43. The predicted molar refractivity (Wildman–Crippen MR) is 81.0 cm³/mol. The van der Waals surface area contributed by atoms with E-state index in [2.05, 4.69) is 5.32 Å². The molecule has 22 heavy (non-hydrogen) atoms. The summed E-state index contributed by atoms with van der Waals surface area (Å²) in [6.45, 7) is 3.47. The molecule has 1 N–H and O–H groups in total. The number of hydrogen-bond donors (Lipinski definition) is 1. The van der Waals surface area contributed by atoms with E-state index >= 15 is 0 Å². The Morgan fingerprint density at radius 2 is 1.91 bits per heavy atom. The van der Waals surface area contributed by atoms with Gasteiger partial charge in [-0.25, -0.2) is 0 Å². The molecule has 2 rings (SSSR count). The number of alkyl halides is 3. The lowest BCUT2D eigenvalue weighted by Crippen LogP contribution is -2.30. The second kappa shape index (κ2) is 7.03. The van der Waals surface area contributed by atoms with Crippen LogP contribution in [0.1, 0.15) is 44.6 Å². The van der Waals surface area contributed by atoms with Crippen LogP contribution in [0.3, 0.4) is 0 Å². The minimum absolute atomic E-state index is 0.250. The zero-order valence-electron chi connectivity index (χ0n) is 12.7. The Bertz CT molecular complexity index is 523. The lowest BCUT2D eigenvalue weighted by molar-refractivity contribution is -0.137. The van der Waals surface area contributed by atoms with Gasteiger partial charge in [0, 0.05) is 19.5 Å². The Labute approximate surface area is 128 Å². The van der Waals surface area contributed by atoms with Gasteiger partial charge >= 0.3 is 6.18 Å². The summed E-state index contributed by atoms with van der Waals surface area (Å²) in [6.07, 6.45) is -0.286. The van der Waals surface area contributed by atoms with Crippen molar-refractivity contribution in [3.63, 3.8) is 0 Å². The molecule has 3 nitrogen and oxygen atoms in total. The van der Waals surface area contributed by atoms with E-state index in [0.717, 1.165) is 44.5 Å². The van der Waals surface area contributed by atoms with Gasteiger partial charge in [0.25, 0.3) is 0 Å². The van der Waals surface area contributed by atoms with Crippen molar-refractivity contribution in [3.8, 4) is 0 Å². The first-order valence-corrected chi connectivity index (χ1v) is 7.68. The minimum atomic E-state index is -4.41.